The number of aromatic carboxylic acids is 1. The van der Waals surface area contributed by atoms with Gasteiger partial charge < -0.3 is 5.11 Å². The standard InChI is InChI=1S/C12H14N4O2S/c1-7-10(12(17)18)11(14-8(2)13-7)19-6-9-4-5-16(3)15-9/h4-5H,6H2,1-3H3,(H,17,18). The Hall–Kier alpha value is -1.89. The largest absolute Gasteiger partial charge is 0.478 e. The minimum absolute atomic E-state index is 0.173. The summed E-state index contributed by atoms with van der Waals surface area (Å²) in [6.45, 7) is 3.44. The molecule has 2 heterocycles. The highest BCUT2D eigenvalue weighted by molar-refractivity contribution is 7.98. The van der Waals surface area contributed by atoms with Crippen LogP contribution in [0.5, 0.6) is 0 Å². The van der Waals surface area contributed by atoms with E-state index in [9.17, 15) is 9.90 Å². The molecule has 0 saturated heterocycles. The summed E-state index contributed by atoms with van der Waals surface area (Å²) in [5, 5.41) is 14.0. The van der Waals surface area contributed by atoms with Gasteiger partial charge in [0.2, 0.25) is 0 Å². The van der Waals surface area contributed by atoms with E-state index in [1.54, 1.807) is 18.5 Å². The highest BCUT2D eigenvalue weighted by Crippen LogP contribution is 2.25. The second kappa shape index (κ2) is 5.40. The Kier molecular flexibility index (Phi) is 3.84. The lowest BCUT2D eigenvalue weighted by Crippen LogP contribution is -2.08. The van der Waals surface area contributed by atoms with Gasteiger partial charge in [0, 0.05) is 19.0 Å². The zero-order valence-corrected chi connectivity index (χ0v) is 11.7. The van der Waals surface area contributed by atoms with Crippen LogP contribution >= 0.6 is 11.8 Å². The monoisotopic (exact) mass is 278 g/mol. The number of hydrogen-bond donors (Lipinski definition) is 1. The molecule has 2 rings (SSSR count). The normalized spacial score (nSPS) is 10.7. The van der Waals surface area contributed by atoms with Crippen molar-refractivity contribution in [1.82, 2.24) is 19.7 Å². The lowest BCUT2D eigenvalue weighted by molar-refractivity contribution is 0.0690. The van der Waals surface area contributed by atoms with E-state index in [2.05, 4.69) is 15.1 Å². The first-order valence-corrected chi connectivity index (χ1v) is 6.66. The van der Waals surface area contributed by atoms with Gasteiger partial charge in [-0.2, -0.15) is 5.10 Å². The van der Waals surface area contributed by atoms with E-state index in [0.717, 1.165) is 5.69 Å². The molecular weight excluding hydrogens is 264 g/mol. The fourth-order valence-electron chi connectivity index (χ4n) is 1.71. The smallest absolute Gasteiger partial charge is 0.340 e. The number of rotatable bonds is 4. The minimum Gasteiger partial charge on any atom is -0.478 e. The summed E-state index contributed by atoms with van der Waals surface area (Å²) in [5.41, 5.74) is 1.55. The fraction of sp³-hybridized carbons (Fsp3) is 0.333. The first kappa shape index (κ1) is 13.5. The van der Waals surface area contributed by atoms with Crippen LogP contribution in [0.3, 0.4) is 0 Å². The second-order valence-corrected chi connectivity index (χ2v) is 5.08. The topological polar surface area (TPSA) is 80.9 Å². The van der Waals surface area contributed by atoms with Crippen LogP contribution in [0.1, 0.15) is 27.6 Å². The number of thioether (sulfide) groups is 1. The molecule has 0 atom stereocenters. The van der Waals surface area contributed by atoms with Crippen molar-refractivity contribution in [2.24, 2.45) is 7.05 Å². The highest BCUT2D eigenvalue weighted by atomic mass is 32.2. The van der Waals surface area contributed by atoms with Crippen LogP contribution in [0.4, 0.5) is 0 Å². The van der Waals surface area contributed by atoms with Crippen molar-refractivity contribution >= 4 is 17.7 Å². The zero-order valence-electron chi connectivity index (χ0n) is 10.9. The van der Waals surface area contributed by atoms with Crippen molar-refractivity contribution in [2.75, 3.05) is 0 Å². The molecule has 0 spiro atoms. The molecule has 0 saturated carbocycles. The maximum absolute atomic E-state index is 11.3. The maximum Gasteiger partial charge on any atom is 0.340 e. The summed E-state index contributed by atoms with van der Waals surface area (Å²) in [7, 11) is 1.84. The van der Waals surface area contributed by atoms with Gasteiger partial charge in [-0.25, -0.2) is 14.8 Å². The molecule has 0 aromatic carbocycles. The third-order valence-electron chi connectivity index (χ3n) is 2.51. The van der Waals surface area contributed by atoms with Crippen LogP contribution in [-0.4, -0.2) is 30.8 Å². The molecule has 6 nitrogen and oxygen atoms in total. The molecule has 100 valence electrons. The fourth-order valence-corrected chi connectivity index (χ4v) is 2.73. The molecule has 0 aliphatic carbocycles. The number of aromatic nitrogens is 4. The molecule has 7 heteroatoms. The first-order valence-electron chi connectivity index (χ1n) is 5.67. The quantitative estimate of drug-likeness (QED) is 0.678. The molecule has 19 heavy (non-hydrogen) atoms. The molecule has 0 aliphatic heterocycles. The summed E-state index contributed by atoms with van der Waals surface area (Å²) < 4.78 is 1.71. The third-order valence-corrected chi connectivity index (χ3v) is 3.52. The van der Waals surface area contributed by atoms with Gasteiger partial charge in [0.1, 0.15) is 16.4 Å². The van der Waals surface area contributed by atoms with Crippen molar-refractivity contribution in [2.45, 2.75) is 24.6 Å². The van der Waals surface area contributed by atoms with Crippen LogP contribution in [-0.2, 0) is 12.8 Å². The number of carboxylic acids is 1. The predicted octanol–water partition coefficient (Wildman–Crippen LogP) is 1.82. The summed E-state index contributed by atoms with van der Waals surface area (Å²) in [6.07, 6.45) is 1.85. The maximum atomic E-state index is 11.3. The van der Waals surface area contributed by atoms with E-state index in [-0.39, 0.29) is 5.56 Å². The summed E-state index contributed by atoms with van der Waals surface area (Å²) in [6, 6.07) is 1.90. The average molecular weight is 278 g/mol. The van der Waals surface area contributed by atoms with E-state index >= 15 is 0 Å². The van der Waals surface area contributed by atoms with E-state index < -0.39 is 5.97 Å². The molecule has 1 N–H and O–H groups in total. The van der Waals surface area contributed by atoms with Crippen LogP contribution in [0.2, 0.25) is 0 Å². The van der Waals surface area contributed by atoms with Crippen LogP contribution in [0, 0.1) is 13.8 Å². The first-order chi connectivity index (χ1) is 8.97. The van der Waals surface area contributed by atoms with Crippen molar-refractivity contribution in [3.63, 3.8) is 0 Å². The van der Waals surface area contributed by atoms with Gasteiger partial charge in [-0.1, -0.05) is 11.8 Å². The molecule has 2 aromatic rings. The lowest BCUT2D eigenvalue weighted by atomic mass is 10.2. The molecule has 2 aromatic heterocycles. The number of carboxylic acid groups (broad SMARTS) is 1. The highest BCUT2D eigenvalue weighted by Gasteiger charge is 2.17. The molecule has 0 unspecified atom stereocenters. The van der Waals surface area contributed by atoms with E-state index in [1.807, 2.05) is 19.3 Å². The molecular formula is C12H14N4O2S. The zero-order chi connectivity index (χ0) is 14.0. The Balaban J connectivity index is 2.26. The SMILES string of the molecule is Cc1nc(C)c(C(=O)O)c(SCc2ccn(C)n2)n1. The van der Waals surface area contributed by atoms with E-state index in [1.165, 1.54) is 11.8 Å². The molecule has 0 aliphatic rings. The van der Waals surface area contributed by atoms with Crippen molar-refractivity contribution in [3.8, 4) is 0 Å². The Bertz CT molecular complexity index is 624. The van der Waals surface area contributed by atoms with Crippen molar-refractivity contribution in [1.29, 1.82) is 0 Å². The third kappa shape index (κ3) is 3.11. The molecule has 0 fully saturated rings. The number of carbonyl (C=O) groups is 1. The van der Waals surface area contributed by atoms with Gasteiger partial charge >= 0.3 is 5.97 Å². The van der Waals surface area contributed by atoms with Crippen LogP contribution < -0.4 is 0 Å². The predicted molar refractivity (Wildman–Crippen MR) is 71.2 cm³/mol. The molecule has 0 bridgehead atoms. The van der Waals surface area contributed by atoms with Crippen molar-refractivity contribution < 1.29 is 9.90 Å². The van der Waals surface area contributed by atoms with Gasteiger partial charge in [0.05, 0.1) is 11.4 Å². The molecule has 0 radical (unpaired) electrons. The number of nitrogens with zero attached hydrogens (tertiary/aromatic N) is 4. The number of aryl methyl sites for hydroxylation is 3. The van der Waals surface area contributed by atoms with Crippen LogP contribution in [0.25, 0.3) is 0 Å². The van der Waals surface area contributed by atoms with Gasteiger partial charge in [0.15, 0.2) is 0 Å². The van der Waals surface area contributed by atoms with Gasteiger partial charge in [0.25, 0.3) is 0 Å². The van der Waals surface area contributed by atoms with E-state index in [4.69, 9.17) is 0 Å². The molecule has 0 amide bonds. The summed E-state index contributed by atoms with van der Waals surface area (Å²) >= 11 is 1.36. The average Bonchev–Trinajstić information content (AvgIpc) is 2.71. The van der Waals surface area contributed by atoms with Gasteiger partial charge in [-0.3, -0.25) is 4.68 Å². The van der Waals surface area contributed by atoms with Gasteiger partial charge in [-0.15, -0.1) is 0 Å². The number of hydrogen-bond acceptors (Lipinski definition) is 5. The van der Waals surface area contributed by atoms with Crippen molar-refractivity contribution in [3.05, 3.63) is 35.0 Å². The van der Waals surface area contributed by atoms with Crippen LogP contribution in [0.15, 0.2) is 17.3 Å². The summed E-state index contributed by atoms with van der Waals surface area (Å²) in [4.78, 5) is 19.6. The Morgan fingerprint density at radius 3 is 2.74 bits per heavy atom. The summed E-state index contributed by atoms with van der Waals surface area (Å²) in [5.74, 6) is 0.156. The Labute approximate surface area is 114 Å². The Morgan fingerprint density at radius 1 is 1.42 bits per heavy atom. The van der Waals surface area contributed by atoms with Gasteiger partial charge in [-0.05, 0) is 19.9 Å². The Morgan fingerprint density at radius 2 is 2.16 bits per heavy atom. The lowest BCUT2D eigenvalue weighted by Gasteiger charge is -2.07. The minimum atomic E-state index is -0.999. The second-order valence-electron chi connectivity index (χ2n) is 4.11. The van der Waals surface area contributed by atoms with E-state index in [0.29, 0.717) is 22.3 Å².